The number of carbonyl (C=O) groups excluding carboxylic acids is 1. The number of carbonyl (C=O) groups is 1. The van der Waals surface area contributed by atoms with E-state index < -0.39 is 0 Å². The van der Waals surface area contributed by atoms with E-state index >= 15 is 0 Å². The Morgan fingerprint density at radius 3 is 2.76 bits per heavy atom. The number of halogens is 1. The van der Waals surface area contributed by atoms with E-state index in [1.165, 1.54) is 0 Å². The van der Waals surface area contributed by atoms with Crippen LogP contribution >= 0.6 is 11.6 Å². The van der Waals surface area contributed by atoms with E-state index in [2.05, 4.69) is 0 Å². The van der Waals surface area contributed by atoms with Crippen molar-refractivity contribution in [3.05, 3.63) is 34.9 Å². The number of ether oxygens (including phenoxy) is 1. The summed E-state index contributed by atoms with van der Waals surface area (Å²) in [4.78, 5) is 14.6. The van der Waals surface area contributed by atoms with Crippen LogP contribution in [-0.4, -0.2) is 47.8 Å². The van der Waals surface area contributed by atoms with Crippen LogP contribution in [-0.2, 0) is 4.74 Å². The molecule has 0 radical (unpaired) electrons. The number of aliphatic hydroxyl groups is 1. The van der Waals surface area contributed by atoms with Gasteiger partial charge in [-0.15, -0.1) is 0 Å². The molecule has 0 bridgehead atoms. The van der Waals surface area contributed by atoms with Gasteiger partial charge in [-0.25, -0.2) is 0 Å². The molecule has 5 heteroatoms. The molecule has 1 aromatic rings. The molecule has 0 aromatic heterocycles. The van der Waals surface area contributed by atoms with Crippen LogP contribution in [0.25, 0.3) is 0 Å². The molecule has 2 heterocycles. The molecule has 3 rings (SSSR count). The summed E-state index contributed by atoms with van der Waals surface area (Å²) in [5.74, 6) is 0.0458. The Hall–Kier alpha value is -1.10. The van der Waals surface area contributed by atoms with Crippen molar-refractivity contribution < 1.29 is 14.6 Å². The molecule has 21 heavy (non-hydrogen) atoms. The van der Waals surface area contributed by atoms with Crippen molar-refractivity contribution in [1.29, 1.82) is 0 Å². The summed E-state index contributed by atoms with van der Waals surface area (Å²) in [5.41, 5.74) is 0.650. The highest BCUT2D eigenvalue weighted by Gasteiger charge is 2.39. The van der Waals surface area contributed by atoms with Gasteiger partial charge in [0.2, 0.25) is 0 Å². The molecule has 2 saturated heterocycles. The first-order valence-corrected chi connectivity index (χ1v) is 7.87. The summed E-state index contributed by atoms with van der Waals surface area (Å²) in [5, 5.41) is 10.8. The molecule has 3 atom stereocenters. The lowest BCUT2D eigenvalue weighted by atomic mass is 9.89. The Kier molecular flexibility index (Phi) is 4.48. The van der Waals surface area contributed by atoms with Crippen LogP contribution < -0.4 is 0 Å². The van der Waals surface area contributed by atoms with Crippen molar-refractivity contribution >= 4 is 17.5 Å². The Morgan fingerprint density at radius 2 is 2.05 bits per heavy atom. The van der Waals surface area contributed by atoms with Crippen molar-refractivity contribution in [1.82, 2.24) is 4.90 Å². The summed E-state index contributed by atoms with van der Waals surface area (Å²) in [6.45, 7) is 1.89. The maximum absolute atomic E-state index is 12.7. The lowest BCUT2D eigenvalue weighted by molar-refractivity contribution is -0.0589. The number of likely N-dealkylation sites (tertiary alicyclic amines) is 1. The van der Waals surface area contributed by atoms with Gasteiger partial charge in [-0.3, -0.25) is 4.79 Å². The van der Waals surface area contributed by atoms with Crippen molar-refractivity contribution in [3.8, 4) is 0 Å². The number of hydrogen-bond donors (Lipinski definition) is 1. The van der Waals surface area contributed by atoms with Crippen molar-refractivity contribution in [2.75, 3.05) is 19.8 Å². The van der Waals surface area contributed by atoms with Crippen LogP contribution in [0, 0.1) is 5.92 Å². The molecular formula is C16H20ClNO3. The zero-order valence-corrected chi connectivity index (χ0v) is 12.6. The zero-order valence-electron chi connectivity index (χ0n) is 11.9. The van der Waals surface area contributed by atoms with Gasteiger partial charge in [0.1, 0.15) is 0 Å². The Bertz CT molecular complexity index is 505. The highest BCUT2D eigenvalue weighted by atomic mass is 35.5. The van der Waals surface area contributed by atoms with Crippen molar-refractivity contribution in [3.63, 3.8) is 0 Å². The van der Waals surface area contributed by atoms with E-state index in [0.29, 0.717) is 30.2 Å². The fourth-order valence-electron chi connectivity index (χ4n) is 3.36. The van der Waals surface area contributed by atoms with Crippen LogP contribution in [0.1, 0.15) is 29.6 Å². The van der Waals surface area contributed by atoms with Gasteiger partial charge in [-0.2, -0.15) is 0 Å². The molecule has 0 spiro atoms. The largest absolute Gasteiger partial charge is 0.393 e. The maximum Gasteiger partial charge on any atom is 0.254 e. The van der Waals surface area contributed by atoms with Gasteiger partial charge in [-0.1, -0.05) is 11.6 Å². The Morgan fingerprint density at radius 1 is 1.29 bits per heavy atom. The maximum atomic E-state index is 12.7. The molecule has 0 aliphatic carbocycles. The minimum atomic E-state index is -0.373. The number of nitrogens with zero attached hydrogens (tertiary/aromatic N) is 1. The lowest BCUT2D eigenvalue weighted by Crippen LogP contribution is -2.48. The van der Waals surface area contributed by atoms with Gasteiger partial charge < -0.3 is 14.7 Å². The van der Waals surface area contributed by atoms with Gasteiger partial charge in [0.25, 0.3) is 5.91 Å². The second-order valence-corrected chi connectivity index (χ2v) is 6.25. The van der Waals surface area contributed by atoms with E-state index in [-0.39, 0.29) is 24.0 Å². The van der Waals surface area contributed by atoms with Gasteiger partial charge in [0.05, 0.1) is 12.7 Å². The van der Waals surface area contributed by atoms with Gasteiger partial charge in [0, 0.05) is 35.7 Å². The van der Waals surface area contributed by atoms with Crippen LogP contribution in [0.5, 0.6) is 0 Å². The minimum Gasteiger partial charge on any atom is -0.393 e. The number of hydrogen-bond acceptors (Lipinski definition) is 3. The van der Waals surface area contributed by atoms with Gasteiger partial charge in [0.15, 0.2) is 0 Å². The predicted molar refractivity (Wildman–Crippen MR) is 80.4 cm³/mol. The molecule has 1 amide bonds. The molecule has 0 saturated carbocycles. The summed E-state index contributed by atoms with van der Waals surface area (Å²) in [6.07, 6.45) is 2.20. The van der Waals surface area contributed by atoms with Crippen LogP contribution in [0.3, 0.4) is 0 Å². The molecule has 1 N–H and O–H groups in total. The van der Waals surface area contributed by atoms with E-state index in [1.807, 2.05) is 4.90 Å². The highest BCUT2D eigenvalue weighted by molar-refractivity contribution is 6.30. The third-order valence-corrected chi connectivity index (χ3v) is 4.76. The fourth-order valence-corrected chi connectivity index (χ4v) is 3.49. The number of amides is 1. The predicted octanol–water partition coefficient (Wildman–Crippen LogP) is 2.34. The first kappa shape index (κ1) is 14.8. The second-order valence-electron chi connectivity index (χ2n) is 5.81. The summed E-state index contributed by atoms with van der Waals surface area (Å²) in [7, 11) is 0. The quantitative estimate of drug-likeness (QED) is 0.912. The van der Waals surface area contributed by atoms with E-state index in [0.717, 1.165) is 19.4 Å². The van der Waals surface area contributed by atoms with Crippen molar-refractivity contribution in [2.45, 2.75) is 31.4 Å². The second kappa shape index (κ2) is 6.34. The summed E-state index contributed by atoms with van der Waals surface area (Å²) in [6, 6.07) is 7.06. The van der Waals surface area contributed by atoms with Gasteiger partial charge in [-0.05, 0) is 43.5 Å². The molecule has 1 aromatic carbocycles. The average Bonchev–Trinajstić information content (AvgIpc) is 2.97. The molecule has 2 aliphatic rings. The number of aliphatic hydroxyl groups excluding tert-OH is 1. The molecule has 2 aliphatic heterocycles. The lowest BCUT2D eigenvalue weighted by Gasteiger charge is -2.37. The first-order chi connectivity index (χ1) is 10.2. The third kappa shape index (κ3) is 3.07. The minimum absolute atomic E-state index is 0.0203. The standard InChI is InChI=1S/C16H20ClNO3/c17-12-5-3-11(4-6-12)16(20)18-8-1-2-14(18)13-10-21-9-7-15(13)19/h3-6,13-15,19H,1-2,7-10H2/t13-,14-,15-/m1/s1. The fraction of sp³-hybridized carbons (Fsp3) is 0.562. The monoisotopic (exact) mass is 309 g/mol. The van der Waals surface area contributed by atoms with Gasteiger partial charge >= 0.3 is 0 Å². The molecular weight excluding hydrogens is 290 g/mol. The van der Waals surface area contributed by atoms with Crippen LogP contribution in [0.4, 0.5) is 0 Å². The summed E-state index contributed by atoms with van der Waals surface area (Å²) < 4.78 is 5.50. The zero-order chi connectivity index (χ0) is 14.8. The van der Waals surface area contributed by atoms with E-state index in [4.69, 9.17) is 16.3 Å². The summed E-state index contributed by atoms with van der Waals surface area (Å²) >= 11 is 5.87. The van der Waals surface area contributed by atoms with E-state index in [1.54, 1.807) is 24.3 Å². The third-order valence-electron chi connectivity index (χ3n) is 4.51. The number of benzene rings is 1. The van der Waals surface area contributed by atoms with E-state index in [9.17, 15) is 9.90 Å². The van der Waals surface area contributed by atoms with Crippen molar-refractivity contribution in [2.24, 2.45) is 5.92 Å². The highest BCUT2D eigenvalue weighted by Crippen LogP contribution is 2.31. The smallest absolute Gasteiger partial charge is 0.254 e. The van der Waals surface area contributed by atoms with Crippen LogP contribution in [0.15, 0.2) is 24.3 Å². The van der Waals surface area contributed by atoms with Crippen LogP contribution in [0.2, 0.25) is 5.02 Å². The molecule has 4 nitrogen and oxygen atoms in total. The topological polar surface area (TPSA) is 49.8 Å². The molecule has 114 valence electrons. The Balaban J connectivity index is 1.76. The Labute approximate surface area is 129 Å². The molecule has 0 unspecified atom stereocenters. The normalized spacial score (nSPS) is 29.6. The average molecular weight is 310 g/mol. The number of rotatable bonds is 2. The first-order valence-electron chi connectivity index (χ1n) is 7.49. The molecule has 2 fully saturated rings. The SMILES string of the molecule is O=C(c1ccc(Cl)cc1)N1CCC[C@@H]1[C@H]1COCC[C@H]1O.